The summed E-state index contributed by atoms with van der Waals surface area (Å²) in [4.78, 5) is 40.7. The largest absolute Gasteiger partial charge is 0.480 e. The molecule has 3 rings (SSSR count). The van der Waals surface area contributed by atoms with Gasteiger partial charge >= 0.3 is 11.7 Å². The number of rotatable bonds is 4. The first-order chi connectivity index (χ1) is 11.8. The fraction of sp³-hybridized carbons (Fsp3) is 0.400. The van der Waals surface area contributed by atoms with Gasteiger partial charge in [0.2, 0.25) is 5.95 Å². The monoisotopic (exact) mass is 346 g/mol. The number of hydrogen-bond donors (Lipinski definition) is 1. The molecule has 0 fully saturated rings. The number of carboxylic acids is 1. The molecular formula is C15H18N6O4. The summed E-state index contributed by atoms with van der Waals surface area (Å²) in [5.74, 6) is -0.838. The van der Waals surface area contributed by atoms with E-state index < -0.39 is 17.2 Å². The van der Waals surface area contributed by atoms with Gasteiger partial charge in [-0.15, -0.1) is 0 Å². The Balaban J connectivity index is 2.32. The molecule has 2 aromatic heterocycles. The van der Waals surface area contributed by atoms with Crippen molar-refractivity contribution in [2.45, 2.75) is 26.9 Å². The molecule has 3 heterocycles. The number of hydrogen-bond acceptors (Lipinski definition) is 6. The summed E-state index contributed by atoms with van der Waals surface area (Å²) in [6.45, 7) is 3.62. The Kier molecular flexibility index (Phi) is 4.03. The van der Waals surface area contributed by atoms with Crippen LogP contribution in [-0.2, 0) is 24.9 Å². The van der Waals surface area contributed by atoms with Crippen LogP contribution in [0.5, 0.6) is 0 Å². The quantitative estimate of drug-likeness (QED) is 0.764. The molecule has 1 aliphatic heterocycles. The lowest BCUT2D eigenvalue weighted by atomic mass is 10.3. The van der Waals surface area contributed by atoms with Gasteiger partial charge in [0, 0.05) is 13.6 Å². The van der Waals surface area contributed by atoms with Crippen molar-refractivity contribution in [1.82, 2.24) is 18.7 Å². The summed E-state index contributed by atoms with van der Waals surface area (Å²) >= 11 is 0. The van der Waals surface area contributed by atoms with Gasteiger partial charge in [0.15, 0.2) is 11.2 Å². The van der Waals surface area contributed by atoms with Crippen molar-refractivity contribution in [2.24, 2.45) is 12.1 Å². The number of imidazole rings is 1. The van der Waals surface area contributed by atoms with Crippen molar-refractivity contribution in [3.8, 4) is 0 Å². The Labute approximate surface area is 141 Å². The van der Waals surface area contributed by atoms with Crippen LogP contribution >= 0.6 is 0 Å². The van der Waals surface area contributed by atoms with Crippen molar-refractivity contribution in [2.75, 3.05) is 11.6 Å². The SMILES string of the molecule is C/C=C/Cn1c(=O)c2c(nc3n2CC(C)=NN3CC(=O)O)n(C)c1=O. The number of nitrogens with zero attached hydrogens (tertiary/aromatic N) is 6. The van der Waals surface area contributed by atoms with Gasteiger partial charge in [-0.1, -0.05) is 12.2 Å². The van der Waals surface area contributed by atoms with Crippen LogP contribution < -0.4 is 16.3 Å². The topological polar surface area (TPSA) is 115 Å². The zero-order chi connectivity index (χ0) is 18.3. The van der Waals surface area contributed by atoms with Crippen LogP contribution in [0.25, 0.3) is 11.2 Å². The Morgan fingerprint density at radius 1 is 1.36 bits per heavy atom. The fourth-order valence-electron chi connectivity index (χ4n) is 2.82. The minimum Gasteiger partial charge on any atom is -0.480 e. The van der Waals surface area contributed by atoms with Crippen LogP contribution in [0.3, 0.4) is 0 Å². The number of allylic oxidation sites excluding steroid dienone is 2. The number of carboxylic acid groups (broad SMARTS) is 1. The highest BCUT2D eigenvalue weighted by Crippen LogP contribution is 2.23. The Morgan fingerprint density at radius 2 is 2.08 bits per heavy atom. The maximum absolute atomic E-state index is 12.9. The Bertz CT molecular complexity index is 1040. The van der Waals surface area contributed by atoms with E-state index in [1.165, 1.54) is 16.6 Å². The first kappa shape index (κ1) is 16.7. The number of aryl methyl sites for hydroxylation is 1. The van der Waals surface area contributed by atoms with Crippen LogP contribution in [0.1, 0.15) is 13.8 Å². The van der Waals surface area contributed by atoms with E-state index in [0.29, 0.717) is 12.3 Å². The molecule has 2 aromatic rings. The van der Waals surface area contributed by atoms with E-state index in [2.05, 4.69) is 10.1 Å². The van der Waals surface area contributed by atoms with Gasteiger partial charge in [0.25, 0.3) is 5.56 Å². The lowest BCUT2D eigenvalue weighted by Crippen LogP contribution is -2.40. The average Bonchev–Trinajstić information content (AvgIpc) is 2.92. The first-order valence-corrected chi connectivity index (χ1v) is 7.69. The van der Waals surface area contributed by atoms with Crippen molar-refractivity contribution < 1.29 is 9.90 Å². The van der Waals surface area contributed by atoms with Gasteiger partial charge in [0.1, 0.15) is 6.54 Å². The molecule has 25 heavy (non-hydrogen) atoms. The summed E-state index contributed by atoms with van der Waals surface area (Å²) < 4.78 is 4.02. The number of aromatic nitrogens is 4. The molecule has 0 spiro atoms. The molecule has 0 saturated carbocycles. The van der Waals surface area contributed by atoms with Gasteiger partial charge in [0.05, 0.1) is 12.3 Å². The zero-order valence-electron chi connectivity index (χ0n) is 14.1. The predicted molar refractivity (Wildman–Crippen MR) is 92.1 cm³/mol. The molecule has 0 atom stereocenters. The average molecular weight is 346 g/mol. The molecule has 0 saturated heterocycles. The van der Waals surface area contributed by atoms with Crippen LogP contribution in [0, 0.1) is 0 Å². The van der Waals surface area contributed by atoms with Gasteiger partial charge in [-0.05, 0) is 13.8 Å². The summed E-state index contributed by atoms with van der Waals surface area (Å²) in [5, 5.41) is 14.5. The van der Waals surface area contributed by atoms with Crippen LogP contribution in [0.4, 0.5) is 5.95 Å². The van der Waals surface area contributed by atoms with Gasteiger partial charge in [-0.25, -0.2) is 9.80 Å². The number of aliphatic carboxylic acids is 1. The lowest BCUT2D eigenvalue weighted by Gasteiger charge is -2.23. The van der Waals surface area contributed by atoms with Crippen molar-refractivity contribution in [3.63, 3.8) is 0 Å². The van der Waals surface area contributed by atoms with E-state index in [-0.39, 0.29) is 30.2 Å². The van der Waals surface area contributed by atoms with E-state index in [4.69, 9.17) is 5.11 Å². The third-order valence-corrected chi connectivity index (χ3v) is 3.93. The third-order valence-electron chi connectivity index (χ3n) is 3.93. The van der Waals surface area contributed by atoms with Gasteiger partial charge < -0.3 is 5.11 Å². The highest BCUT2D eigenvalue weighted by atomic mass is 16.4. The maximum Gasteiger partial charge on any atom is 0.332 e. The summed E-state index contributed by atoms with van der Waals surface area (Å²) in [7, 11) is 1.53. The first-order valence-electron chi connectivity index (χ1n) is 7.69. The maximum atomic E-state index is 12.9. The molecule has 132 valence electrons. The number of anilines is 1. The van der Waals surface area contributed by atoms with Crippen LogP contribution in [0.2, 0.25) is 0 Å². The van der Waals surface area contributed by atoms with Crippen LogP contribution in [-0.4, -0.2) is 42.0 Å². The van der Waals surface area contributed by atoms with Crippen molar-refractivity contribution in [3.05, 3.63) is 33.0 Å². The summed E-state index contributed by atoms with van der Waals surface area (Å²) in [6, 6.07) is 0. The van der Waals surface area contributed by atoms with E-state index in [9.17, 15) is 14.4 Å². The molecule has 0 unspecified atom stereocenters. The molecule has 10 heteroatoms. The number of carbonyl (C=O) groups is 1. The Hall–Kier alpha value is -3.17. The molecular weight excluding hydrogens is 328 g/mol. The van der Waals surface area contributed by atoms with E-state index in [1.54, 1.807) is 30.6 Å². The van der Waals surface area contributed by atoms with Gasteiger partial charge in [-0.3, -0.25) is 23.3 Å². The smallest absolute Gasteiger partial charge is 0.332 e. The minimum absolute atomic E-state index is 0.157. The highest BCUT2D eigenvalue weighted by Gasteiger charge is 2.27. The summed E-state index contributed by atoms with van der Waals surface area (Å²) in [5.41, 5.74) is 0.169. The summed E-state index contributed by atoms with van der Waals surface area (Å²) in [6.07, 6.45) is 3.47. The standard InChI is InChI=1S/C15H18N6O4/c1-4-5-6-19-13(24)11-12(18(3)15(19)25)16-14-20(11)7-9(2)17-21(14)8-10(22)23/h4-5H,6-8H2,1-3H3,(H,22,23)/b5-4+. The fourth-order valence-corrected chi connectivity index (χ4v) is 2.82. The predicted octanol–water partition coefficient (Wildman–Crippen LogP) is -0.247. The van der Waals surface area contributed by atoms with Crippen molar-refractivity contribution >= 4 is 28.8 Å². The highest BCUT2D eigenvalue weighted by molar-refractivity contribution is 5.88. The van der Waals surface area contributed by atoms with Crippen LogP contribution in [0.15, 0.2) is 26.8 Å². The molecule has 0 aliphatic carbocycles. The molecule has 0 radical (unpaired) electrons. The molecule has 1 aliphatic rings. The number of hydrazone groups is 1. The lowest BCUT2D eigenvalue weighted by molar-refractivity contribution is -0.135. The Morgan fingerprint density at radius 3 is 2.72 bits per heavy atom. The molecule has 1 N–H and O–H groups in total. The molecule has 0 amide bonds. The second-order valence-corrected chi connectivity index (χ2v) is 5.78. The second kappa shape index (κ2) is 6.04. The normalized spacial score (nSPS) is 14.2. The molecule has 0 aromatic carbocycles. The minimum atomic E-state index is -1.07. The van der Waals surface area contributed by atoms with Gasteiger partial charge in [-0.2, -0.15) is 10.1 Å². The second-order valence-electron chi connectivity index (χ2n) is 5.78. The van der Waals surface area contributed by atoms with E-state index >= 15 is 0 Å². The van der Waals surface area contributed by atoms with E-state index in [1.807, 2.05) is 0 Å². The third kappa shape index (κ3) is 2.65. The van der Waals surface area contributed by atoms with Crippen molar-refractivity contribution in [1.29, 1.82) is 0 Å². The number of fused-ring (bicyclic) bond motifs is 3. The zero-order valence-corrected chi connectivity index (χ0v) is 14.1. The molecule has 0 bridgehead atoms. The molecule has 10 nitrogen and oxygen atoms in total. The van der Waals surface area contributed by atoms with E-state index in [0.717, 1.165) is 4.57 Å².